The normalized spacial score (nSPS) is 11.6. The molecule has 1 aromatic carbocycles. The van der Waals surface area contributed by atoms with Crippen LogP contribution in [0.15, 0.2) is 24.3 Å². The van der Waals surface area contributed by atoms with Gasteiger partial charge in [0.25, 0.3) is 0 Å². The summed E-state index contributed by atoms with van der Waals surface area (Å²) in [7, 11) is -3.60. The zero-order valence-electron chi connectivity index (χ0n) is 12.0. The molecule has 21 heavy (non-hydrogen) atoms. The Kier molecular flexibility index (Phi) is 5.88. The minimum absolute atomic E-state index is 0.0517. The summed E-state index contributed by atoms with van der Waals surface area (Å²) in [6.07, 6.45) is 0.118. The lowest BCUT2D eigenvalue weighted by molar-refractivity contribution is 0.0696. The highest BCUT2D eigenvalue weighted by molar-refractivity contribution is 7.88. The van der Waals surface area contributed by atoms with Gasteiger partial charge in [0.2, 0.25) is 10.0 Å². The van der Waals surface area contributed by atoms with E-state index in [-0.39, 0.29) is 30.3 Å². The monoisotopic (exact) mass is 310 g/mol. The van der Waals surface area contributed by atoms with E-state index >= 15 is 0 Å². The predicted octanol–water partition coefficient (Wildman–Crippen LogP) is 1.84. The number of aromatic carboxylic acids is 1. The van der Waals surface area contributed by atoms with Crippen LogP contribution in [0, 0.1) is 11.3 Å². The van der Waals surface area contributed by atoms with Crippen LogP contribution in [0.1, 0.15) is 36.2 Å². The first-order chi connectivity index (χ1) is 9.77. The topological polar surface area (TPSA) is 98.5 Å². The van der Waals surface area contributed by atoms with Crippen LogP contribution in [-0.2, 0) is 15.8 Å². The first-order valence-electron chi connectivity index (χ1n) is 6.46. The molecule has 0 aliphatic carbocycles. The standard InChI is InChI=1S/C14H18N2O4S/c1-11(2)16(8-4-7-15)21(19,20)10-12-5-3-6-13(9-12)14(17)18/h3,5-6,9,11H,4,8,10H2,1-2H3,(H,17,18). The lowest BCUT2D eigenvalue weighted by atomic mass is 10.1. The van der Waals surface area contributed by atoms with Gasteiger partial charge < -0.3 is 5.11 Å². The Morgan fingerprint density at radius 3 is 2.62 bits per heavy atom. The third kappa shape index (κ3) is 4.85. The van der Waals surface area contributed by atoms with E-state index in [0.29, 0.717) is 5.56 Å². The van der Waals surface area contributed by atoms with E-state index in [1.807, 2.05) is 6.07 Å². The molecule has 6 nitrogen and oxygen atoms in total. The van der Waals surface area contributed by atoms with Crippen LogP contribution in [0.25, 0.3) is 0 Å². The third-order valence-corrected chi connectivity index (χ3v) is 4.92. The molecule has 0 bridgehead atoms. The highest BCUT2D eigenvalue weighted by Crippen LogP contribution is 2.15. The van der Waals surface area contributed by atoms with E-state index in [9.17, 15) is 13.2 Å². The van der Waals surface area contributed by atoms with Crippen molar-refractivity contribution in [2.75, 3.05) is 6.54 Å². The molecule has 114 valence electrons. The number of benzene rings is 1. The molecule has 1 aromatic rings. The van der Waals surface area contributed by atoms with Crippen LogP contribution in [0.5, 0.6) is 0 Å². The molecule has 0 spiro atoms. The van der Waals surface area contributed by atoms with Gasteiger partial charge in [-0.15, -0.1) is 0 Å². The number of rotatable bonds is 7. The Morgan fingerprint density at radius 1 is 1.43 bits per heavy atom. The van der Waals surface area contributed by atoms with Crippen LogP contribution in [-0.4, -0.2) is 36.4 Å². The van der Waals surface area contributed by atoms with Gasteiger partial charge in [-0.05, 0) is 31.5 Å². The molecule has 0 aliphatic rings. The second kappa shape index (κ2) is 7.20. The Balaban J connectivity index is 3.00. The zero-order chi connectivity index (χ0) is 16.0. The number of hydrogen-bond acceptors (Lipinski definition) is 4. The average molecular weight is 310 g/mol. The minimum Gasteiger partial charge on any atom is -0.478 e. The average Bonchev–Trinajstić information content (AvgIpc) is 2.38. The summed E-state index contributed by atoms with van der Waals surface area (Å²) in [5.74, 6) is -1.38. The maximum atomic E-state index is 12.4. The summed E-state index contributed by atoms with van der Waals surface area (Å²) in [5, 5.41) is 17.5. The second-order valence-electron chi connectivity index (χ2n) is 4.87. The first-order valence-corrected chi connectivity index (χ1v) is 8.07. The summed E-state index contributed by atoms with van der Waals surface area (Å²) in [6, 6.07) is 7.53. The minimum atomic E-state index is -3.60. The number of carboxylic acids is 1. The van der Waals surface area contributed by atoms with Crippen molar-refractivity contribution in [1.82, 2.24) is 4.31 Å². The smallest absolute Gasteiger partial charge is 0.335 e. The van der Waals surface area contributed by atoms with Crippen molar-refractivity contribution < 1.29 is 18.3 Å². The molecule has 0 unspecified atom stereocenters. The van der Waals surface area contributed by atoms with Gasteiger partial charge in [0.1, 0.15) is 0 Å². The van der Waals surface area contributed by atoms with Crippen molar-refractivity contribution in [2.24, 2.45) is 0 Å². The van der Waals surface area contributed by atoms with Gasteiger partial charge in [-0.3, -0.25) is 0 Å². The van der Waals surface area contributed by atoms with Crippen LogP contribution < -0.4 is 0 Å². The lowest BCUT2D eigenvalue weighted by Gasteiger charge is -2.25. The Labute approximate surface area is 124 Å². The first kappa shape index (κ1) is 17.1. The molecule has 0 atom stereocenters. The fraction of sp³-hybridized carbons (Fsp3) is 0.429. The molecule has 1 N–H and O–H groups in total. The zero-order valence-corrected chi connectivity index (χ0v) is 12.8. The van der Waals surface area contributed by atoms with Crippen molar-refractivity contribution in [2.45, 2.75) is 32.1 Å². The number of carbonyl (C=O) groups is 1. The van der Waals surface area contributed by atoms with Gasteiger partial charge in [-0.2, -0.15) is 9.57 Å². The van der Waals surface area contributed by atoms with E-state index in [1.165, 1.54) is 22.5 Å². The van der Waals surface area contributed by atoms with Crippen molar-refractivity contribution in [3.05, 3.63) is 35.4 Å². The molecule has 0 saturated heterocycles. The highest BCUT2D eigenvalue weighted by Gasteiger charge is 2.25. The van der Waals surface area contributed by atoms with Gasteiger partial charge in [-0.1, -0.05) is 12.1 Å². The molecule has 0 radical (unpaired) electrons. The van der Waals surface area contributed by atoms with Crippen LogP contribution in [0.3, 0.4) is 0 Å². The fourth-order valence-electron chi connectivity index (χ4n) is 1.97. The molecule has 0 aromatic heterocycles. The third-order valence-electron chi connectivity index (χ3n) is 2.90. The lowest BCUT2D eigenvalue weighted by Crippen LogP contribution is -2.38. The molecular weight excluding hydrogens is 292 g/mol. The predicted molar refractivity (Wildman–Crippen MR) is 78.1 cm³/mol. The van der Waals surface area contributed by atoms with E-state index < -0.39 is 16.0 Å². The van der Waals surface area contributed by atoms with Crippen molar-refractivity contribution in [1.29, 1.82) is 5.26 Å². The quantitative estimate of drug-likeness (QED) is 0.828. The molecule has 7 heteroatoms. The molecule has 0 amide bonds. The number of nitriles is 1. The van der Waals surface area contributed by atoms with Gasteiger partial charge in [0, 0.05) is 19.0 Å². The number of hydrogen-bond donors (Lipinski definition) is 1. The highest BCUT2D eigenvalue weighted by atomic mass is 32.2. The fourth-order valence-corrected chi connectivity index (χ4v) is 3.74. The maximum absolute atomic E-state index is 12.4. The maximum Gasteiger partial charge on any atom is 0.335 e. The van der Waals surface area contributed by atoms with E-state index in [4.69, 9.17) is 10.4 Å². The van der Waals surface area contributed by atoms with Gasteiger partial charge in [0.15, 0.2) is 0 Å². The molecular formula is C14H18N2O4S. The van der Waals surface area contributed by atoms with Crippen LogP contribution in [0.4, 0.5) is 0 Å². The largest absolute Gasteiger partial charge is 0.478 e. The summed E-state index contributed by atoms with van der Waals surface area (Å²) in [4.78, 5) is 10.9. The van der Waals surface area contributed by atoms with Gasteiger partial charge in [0.05, 0.1) is 17.4 Å². The van der Waals surface area contributed by atoms with E-state index in [0.717, 1.165) is 0 Å². The van der Waals surface area contributed by atoms with Gasteiger partial charge >= 0.3 is 5.97 Å². The summed E-state index contributed by atoms with van der Waals surface area (Å²) >= 11 is 0. The Hall–Kier alpha value is -1.91. The van der Waals surface area contributed by atoms with Gasteiger partial charge in [-0.25, -0.2) is 13.2 Å². The molecule has 1 rings (SSSR count). The number of sulfonamides is 1. The second-order valence-corrected chi connectivity index (χ2v) is 6.80. The Bertz CT molecular complexity index is 647. The SMILES string of the molecule is CC(C)N(CCC#N)S(=O)(=O)Cc1cccc(C(=O)O)c1. The molecule has 0 heterocycles. The van der Waals surface area contributed by atoms with Crippen molar-refractivity contribution >= 4 is 16.0 Å². The van der Waals surface area contributed by atoms with E-state index in [1.54, 1.807) is 19.9 Å². The molecule has 0 fully saturated rings. The Morgan fingerprint density at radius 2 is 2.10 bits per heavy atom. The summed E-state index contributed by atoms with van der Waals surface area (Å²) in [5.41, 5.74) is 0.466. The van der Waals surface area contributed by atoms with Crippen molar-refractivity contribution in [3.8, 4) is 6.07 Å². The van der Waals surface area contributed by atoms with E-state index in [2.05, 4.69) is 0 Å². The molecule has 0 saturated carbocycles. The summed E-state index contributed by atoms with van der Waals surface area (Å²) in [6.45, 7) is 3.61. The number of nitrogens with zero attached hydrogens (tertiary/aromatic N) is 2. The van der Waals surface area contributed by atoms with Crippen LogP contribution in [0.2, 0.25) is 0 Å². The number of carboxylic acid groups (broad SMARTS) is 1. The molecule has 0 aliphatic heterocycles. The van der Waals surface area contributed by atoms with Crippen molar-refractivity contribution in [3.63, 3.8) is 0 Å². The summed E-state index contributed by atoms with van der Waals surface area (Å²) < 4.78 is 26.1. The van der Waals surface area contributed by atoms with Crippen LogP contribution >= 0.6 is 0 Å².